The quantitative estimate of drug-likeness (QED) is 0.736. The van der Waals surface area contributed by atoms with Crippen LogP contribution in [0.2, 0.25) is 0 Å². The lowest BCUT2D eigenvalue weighted by Crippen LogP contribution is -2.32. The van der Waals surface area contributed by atoms with E-state index in [0.717, 1.165) is 5.82 Å². The van der Waals surface area contributed by atoms with Gasteiger partial charge in [0, 0.05) is 30.9 Å². The molecule has 0 atom stereocenters. The molecule has 0 unspecified atom stereocenters. The molecule has 1 fully saturated rings. The van der Waals surface area contributed by atoms with Crippen LogP contribution in [-0.2, 0) is 17.8 Å². The number of amides is 1. The van der Waals surface area contributed by atoms with Gasteiger partial charge in [-0.15, -0.1) is 0 Å². The Balaban J connectivity index is 1.37. The van der Waals surface area contributed by atoms with Crippen LogP contribution in [0.4, 0.5) is 0 Å². The largest absolute Gasteiger partial charge is 0.420 e. The molecule has 26 heavy (non-hydrogen) atoms. The van der Waals surface area contributed by atoms with Gasteiger partial charge in [0.1, 0.15) is 12.4 Å². The van der Waals surface area contributed by atoms with E-state index in [0.29, 0.717) is 30.1 Å². The Bertz CT molecular complexity index is 994. The zero-order valence-corrected chi connectivity index (χ0v) is 14.8. The second kappa shape index (κ2) is 6.82. The molecular formula is C19H22N4O3. The Morgan fingerprint density at radius 1 is 1.35 bits per heavy atom. The van der Waals surface area contributed by atoms with Crippen molar-refractivity contribution in [3.8, 4) is 0 Å². The van der Waals surface area contributed by atoms with Crippen molar-refractivity contribution in [1.29, 1.82) is 0 Å². The molecule has 0 radical (unpaired) electrons. The van der Waals surface area contributed by atoms with Gasteiger partial charge in [0.05, 0.1) is 5.52 Å². The van der Waals surface area contributed by atoms with Gasteiger partial charge in [-0.05, 0) is 38.3 Å². The number of hydrogen-bond donors (Lipinski definition) is 1. The molecule has 1 aromatic carbocycles. The molecule has 0 aliphatic heterocycles. The van der Waals surface area contributed by atoms with Gasteiger partial charge >= 0.3 is 5.76 Å². The molecule has 3 aromatic rings. The number of para-hydroxylation sites is 2. The average Bonchev–Trinajstić information content (AvgIpc) is 3.08. The first-order valence-electron chi connectivity index (χ1n) is 9.01. The number of nitrogens with one attached hydrogen (secondary N) is 1. The molecule has 1 amide bonds. The number of fused-ring (bicyclic) bond motifs is 1. The third-order valence-corrected chi connectivity index (χ3v) is 5.04. The number of nitrogens with zero attached hydrogens (tertiary/aromatic N) is 3. The van der Waals surface area contributed by atoms with Crippen LogP contribution in [0.15, 0.2) is 39.7 Å². The van der Waals surface area contributed by atoms with E-state index in [1.807, 2.05) is 12.3 Å². The number of carbonyl (C=O) groups excluding carboxylic acids is 1. The van der Waals surface area contributed by atoms with E-state index < -0.39 is 5.76 Å². The summed E-state index contributed by atoms with van der Waals surface area (Å²) in [6.45, 7) is 2.52. The van der Waals surface area contributed by atoms with E-state index in [1.165, 1.54) is 29.5 Å². The van der Waals surface area contributed by atoms with Crippen LogP contribution >= 0.6 is 0 Å². The zero-order valence-electron chi connectivity index (χ0n) is 14.8. The summed E-state index contributed by atoms with van der Waals surface area (Å²) in [6.07, 6.45) is 6.25. The van der Waals surface area contributed by atoms with Gasteiger partial charge in [-0.2, -0.15) is 0 Å². The summed E-state index contributed by atoms with van der Waals surface area (Å²) in [4.78, 5) is 28.7. The maximum atomic E-state index is 12.2. The van der Waals surface area contributed by atoms with E-state index in [9.17, 15) is 9.59 Å². The van der Waals surface area contributed by atoms with Crippen LogP contribution in [0, 0.1) is 6.92 Å². The standard InChI is InChI=1S/C19H22N4O3/c1-13-11-21-17(23(13)14-5-4-6-14)9-10-20-18(24)12-22-15-7-2-3-8-16(15)26-19(22)25/h2-3,7-8,11,14H,4-6,9-10,12H2,1H3,(H,20,24). The van der Waals surface area contributed by atoms with E-state index in [2.05, 4.69) is 21.8 Å². The SMILES string of the molecule is Cc1cnc(CCNC(=O)Cn2c(=O)oc3ccccc32)n1C1CCC1. The Hall–Kier alpha value is -2.83. The fourth-order valence-electron chi connectivity index (χ4n) is 3.50. The molecule has 4 rings (SSSR count). The van der Waals surface area contributed by atoms with Crippen molar-refractivity contribution in [1.82, 2.24) is 19.4 Å². The second-order valence-electron chi connectivity index (χ2n) is 6.79. The first kappa shape index (κ1) is 16.6. The van der Waals surface area contributed by atoms with Crippen LogP contribution in [0.1, 0.15) is 36.8 Å². The monoisotopic (exact) mass is 354 g/mol. The fourth-order valence-corrected chi connectivity index (χ4v) is 3.50. The summed E-state index contributed by atoms with van der Waals surface area (Å²) < 4.78 is 8.80. The van der Waals surface area contributed by atoms with Crippen molar-refractivity contribution in [2.45, 2.75) is 45.2 Å². The molecule has 136 valence electrons. The molecule has 2 heterocycles. The summed E-state index contributed by atoms with van der Waals surface area (Å²) in [7, 11) is 0. The molecule has 0 saturated heterocycles. The van der Waals surface area contributed by atoms with Gasteiger partial charge in [-0.1, -0.05) is 12.1 Å². The highest BCUT2D eigenvalue weighted by Gasteiger charge is 2.23. The lowest BCUT2D eigenvalue weighted by atomic mass is 9.92. The Morgan fingerprint density at radius 2 is 2.15 bits per heavy atom. The third kappa shape index (κ3) is 3.05. The molecular weight excluding hydrogens is 332 g/mol. The average molecular weight is 354 g/mol. The maximum Gasteiger partial charge on any atom is 0.420 e. The van der Waals surface area contributed by atoms with E-state index >= 15 is 0 Å². The molecule has 1 aliphatic rings. The van der Waals surface area contributed by atoms with Crippen LogP contribution in [-0.4, -0.2) is 26.6 Å². The number of imidazole rings is 1. The highest BCUT2D eigenvalue weighted by atomic mass is 16.4. The Labute approximate surface area is 150 Å². The van der Waals surface area contributed by atoms with Crippen molar-refractivity contribution in [2.24, 2.45) is 0 Å². The highest BCUT2D eigenvalue weighted by Crippen LogP contribution is 2.33. The second-order valence-corrected chi connectivity index (χ2v) is 6.79. The number of aryl methyl sites for hydroxylation is 1. The lowest BCUT2D eigenvalue weighted by Gasteiger charge is -2.29. The summed E-state index contributed by atoms with van der Waals surface area (Å²) in [5.41, 5.74) is 2.29. The molecule has 7 nitrogen and oxygen atoms in total. The van der Waals surface area contributed by atoms with Crippen LogP contribution < -0.4 is 11.1 Å². The number of oxazole rings is 1. The predicted molar refractivity (Wildman–Crippen MR) is 97.0 cm³/mol. The summed E-state index contributed by atoms with van der Waals surface area (Å²) in [5, 5.41) is 2.88. The molecule has 0 bridgehead atoms. The van der Waals surface area contributed by atoms with E-state index in [4.69, 9.17) is 4.42 Å². The first-order chi connectivity index (χ1) is 12.6. The van der Waals surface area contributed by atoms with Crippen molar-refractivity contribution in [2.75, 3.05) is 6.54 Å². The summed E-state index contributed by atoms with van der Waals surface area (Å²) >= 11 is 0. The van der Waals surface area contributed by atoms with Crippen LogP contribution in [0.3, 0.4) is 0 Å². The summed E-state index contributed by atoms with van der Waals surface area (Å²) in [6, 6.07) is 7.65. The Kier molecular flexibility index (Phi) is 4.36. The normalized spacial score (nSPS) is 14.5. The maximum absolute atomic E-state index is 12.2. The topological polar surface area (TPSA) is 82.1 Å². The van der Waals surface area contributed by atoms with Gasteiger partial charge in [-0.3, -0.25) is 9.36 Å². The molecule has 2 aromatic heterocycles. The van der Waals surface area contributed by atoms with Crippen molar-refractivity contribution < 1.29 is 9.21 Å². The van der Waals surface area contributed by atoms with Crippen molar-refractivity contribution in [3.05, 3.63) is 52.5 Å². The smallest absolute Gasteiger partial charge is 0.408 e. The van der Waals surface area contributed by atoms with Gasteiger partial charge in [0.15, 0.2) is 5.58 Å². The van der Waals surface area contributed by atoms with Gasteiger partial charge < -0.3 is 14.3 Å². The molecule has 7 heteroatoms. The zero-order chi connectivity index (χ0) is 18.1. The van der Waals surface area contributed by atoms with E-state index in [-0.39, 0.29) is 12.5 Å². The van der Waals surface area contributed by atoms with Gasteiger partial charge in [-0.25, -0.2) is 9.78 Å². The number of aromatic nitrogens is 3. The predicted octanol–water partition coefficient (Wildman–Crippen LogP) is 2.18. The van der Waals surface area contributed by atoms with Crippen LogP contribution in [0.25, 0.3) is 11.1 Å². The van der Waals surface area contributed by atoms with Crippen molar-refractivity contribution >= 4 is 17.0 Å². The first-order valence-corrected chi connectivity index (χ1v) is 9.01. The molecule has 1 aliphatic carbocycles. The molecule has 1 N–H and O–H groups in total. The fraction of sp³-hybridized carbons (Fsp3) is 0.421. The lowest BCUT2D eigenvalue weighted by molar-refractivity contribution is -0.121. The molecule has 1 saturated carbocycles. The Morgan fingerprint density at radius 3 is 2.92 bits per heavy atom. The number of carbonyl (C=O) groups is 1. The van der Waals surface area contributed by atoms with Gasteiger partial charge in [0.2, 0.25) is 5.91 Å². The minimum atomic E-state index is -0.516. The number of benzene rings is 1. The summed E-state index contributed by atoms with van der Waals surface area (Å²) in [5.74, 6) is 0.285. The number of rotatable bonds is 6. The highest BCUT2D eigenvalue weighted by molar-refractivity contribution is 5.79. The minimum Gasteiger partial charge on any atom is -0.408 e. The number of hydrogen-bond acceptors (Lipinski definition) is 4. The third-order valence-electron chi connectivity index (χ3n) is 5.04. The van der Waals surface area contributed by atoms with Crippen molar-refractivity contribution in [3.63, 3.8) is 0 Å². The molecule has 0 spiro atoms. The van der Waals surface area contributed by atoms with Gasteiger partial charge in [0.25, 0.3) is 0 Å². The minimum absolute atomic E-state index is 0.0497. The van der Waals surface area contributed by atoms with E-state index in [1.54, 1.807) is 18.2 Å². The van der Waals surface area contributed by atoms with Crippen LogP contribution in [0.5, 0.6) is 0 Å².